The van der Waals surface area contributed by atoms with Crippen molar-refractivity contribution in [2.75, 3.05) is 11.9 Å². The third-order valence-corrected chi connectivity index (χ3v) is 2.26. The molecule has 3 N–H and O–H groups in total. The molecule has 0 aliphatic rings. The number of hydrogen-bond donors (Lipinski definition) is 2. The number of hydrogen-bond acceptors (Lipinski definition) is 5. The van der Waals surface area contributed by atoms with Gasteiger partial charge in [0.15, 0.2) is 0 Å². The van der Waals surface area contributed by atoms with Gasteiger partial charge in [-0.2, -0.15) is 0 Å². The Morgan fingerprint density at radius 1 is 1.62 bits per heavy atom. The molecule has 1 aromatic heterocycles. The standard InChI is InChI=1S/C7H12N4OS/c1-2-3-6-10-11-7(13-6)9-5(12)4-8/h2-4,8H2,1H3,(H,9,11,12). The molecule has 0 aliphatic carbocycles. The molecule has 0 radical (unpaired) electrons. The lowest BCUT2D eigenvalue weighted by Crippen LogP contribution is -2.21. The first-order valence-electron chi connectivity index (χ1n) is 4.08. The molecule has 5 nitrogen and oxygen atoms in total. The van der Waals surface area contributed by atoms with Crippen LogP contribution in [0.5, 0.6) is 0 Å². The van der Waals surface area contributed by atoms with Gasteiger partial charge in [-0.1, -0.05) is 18.3 Å². The van der Waals surface area contributed by atoms with E-state index in [9.17, 15) is 4.79 Å². The Morgan fingerprint density at radius 3 is 3.00 bits per heavy atom. The molecule has 6 heteroatoms. The van der Waals surface area contributed by atoms with Gasteiger partial charge in [0.1, 0.15) is 5.01 Å². The number of carbonyl (C=O) groups is 1. The quantitative estimate of drug-likeness (QED) is 0.736. The largest absolute Gasteiger partial charge is 0.322 e. The SMILES string of the molecule is CCCc1nnc(NC(=O)CN)s1. The first-order chi connectivity index (χ1) is 6.26. The first kappa shape index (κ1) is 10.1. The maximum absolute atomic E-state index is 10.9. The molecular weight excluding hydrogens is 188 g/mol. The summed E-state index contributed by atoms with van der Waals surface area (Å²) in [5, 5.41) is 11.7. The van der Waals surface area contributed by atoms with E-state index in [0.29, 0.717) is 5.13 Å². The van der Waals surface area contributed by atoms with E-state index in [4.69, 9.17) is 5.73 Å². The van der Waals surface area contributed by atoms with E-state index in [1.165, 1.54) is 11.3 Å². The molecule has 1 heterocycles. The second-order valence-corrected chi connectivity index (χ2v) is 3.57. The van der Waals surface area contributed by atoms with Crippen molar-refractivity contribution in [2.24, 2.45) is 5.73 Å². The first-order valence-corrected chi connectivity index (χ1v) is 4.90. The maximum atomic E-state index is 10.9. The molecule has 0 aliphatic heterocycles. The maximum Gasteiger partial charge on any atom is 0.239 e. The Balaban J connectivity index is 2.53. The molecule has 1 rings (SSSR count). The van der Waals surface area contributed by atoms with Gasteiger partial charge in [0.25, 0.3) is 0 Å². The van der Waals surface area contributed by atoms with E-state index in [2.05, 4.69) is 22.4 Å². The van der Waals surface area contributed by atoms with E-state index >= 15 is 0 Å². The highest BCUT2D eigenvalue weighted by atomic mass is 32.1. The summed E-state index contributed by atoms with van der Waals surface area (Å²) in [6, 6.07) is 0. The predicted molar refractivity (Wildman–Crippen MR) is 51.6 cm³/mol. The van der Waals surface area contributed by atoms with Crippen molar-refractivity contribution in [3.05, 3.63) is 5.01 Å². The normalized spacial score (nSPS) is 10.0. The number of carbonyl (C=O) groups excluding carboxylic acids is 1. The number of nitrogens with zero attached hydrogens (tertiary/aromatic N) is 2. The molecule has 0 fully saturated rings. The number of nitrogens with two attached hydrogens (primary N) is 1. The van der Waals surface area contributed by atoms with Crippen LogP contribution >= 0.6 is 11.3 Å². The number of aromatic nitrogens is 2. The van der Waals surface area contributed by atoms with E-state index in [1.807, 2.05) is 0 Å². The Labute approximate surface area is 80.4 Å². The minimum absolute atomic E-state index is 0.0251. The van der Waals surface area contributed by atoms with Crippen LogP contribution in [0.4, 0.5) is 5.13 Å². The number of aryl methyl sites for hydroxylation is 1. The minimum atomic E-state index is -0.237. The van der Waals surface area contributed by atoms with E-state index in [1.54, 1.807) is 0 Å². The fourth-order valence-electron chi connectivity index (χ4n) is 0.789. The topological polar surface area (TPSA) is 80.9 Å². The average molecular weight is 200 g/mol. The van der Waals surface area contributed by atoms with Crippen LogP contribution in [0.25, 0.3) is 0 Å². The summed E-state index contributed by atoms with van der Waals surface area (Å²) in [5.41, 5.74) is 5.13. The zero-order chi connectivity index (χ0) is 9.68. The number of rotatable bonds is 4. The van der Waals surface area contributed by atoms with E-state index in [0.717, 1.165) is 17.8 Å². The molecule has 0 unspecified atom stereocenters. The Kier molecular flexibility index (Phi) is 3.78. The second kappa shape index (κ2) is 4.88. The summed E-state index contributed by atoms with van der Waals surface area (Å²) in [5.74, 6) is -0.237. The number of nitrogens with one attached hydrogen (secondary N) is 1. The summed E-state index contributed by atoms with van der Waals surface area (Å²) in [7, 11) is 0. The van der Waals surface area contributed by atoms with Crippen molar-refractivity contribution >= 4 is 22.4 Å². The molecular formula is C7H12N4OS. The molecule has 0 spiro atoms. The van der Waals surface area contributed by atoms with Crippen LogP contribution in [-0.4, -0.2) is 22.6 Å². The fraction of sp³-hybridized carbons (Fsp3) is 0.571. The summed E-state index contributed by atoms with van der Waals surface area (Å²) in [6.07, 6.45) is 1.93. The summed E-state index contributed by atoms with van der Waals surface area (Å²) < 4.78 is 0. The highest BCUT2D eigenvalue weighted by Gasteiger charge is 2.05. The van der Waals surface area contributed by atoms with Crippen molar-refractivity contribution in [2.45, 2.75) is 19.8 Å². The zero-order valence-electron chi connectivity index (χ0n) is 7.41. The van der Waals surface area contributed by atoms with E-state index < -0.39 is 0 Å². The molecule has 0 aromatic carbocycles. The van der Waals surface area contributed by atoms with Crippen LogP contribution in [0.2, 0.25) is 0 Å². The van der Waals surface area contributed by atoms with Crippen LogP contribution in [0.1, 0.15) is 18.4 Å². The molecule has 0 atom stereocenters. The van der Waals surface area contributed by atoms with Crippen molar-refractivity contribution < 1.29 is 4.79 Å². The van der Waals surface area contributed by atoms with Crippen molar-refractivity contribution in [1.82, 2.24) is 10.2 Å². The van der Waals surface area contributed by atoms with Gasteiger partial charge in [-0.25, -0.2) is 0 Å². The lowest BCUT2D eigenvalue weighted by molar-refractivity contribution is -0.114. The summed E-state index contributed by atoms with van der Waals surface area (Å²) in [6.45, 7) is 2.04. The molecule has 13 heavy (non-hydrogen) atoms. The van der Waals surface area contributed by atoms with Gasteiger partial charge in [0.05, 0.1) is 6.54 Å². The number of anilines is 1. The molecule has 0 bridgehead atoms. The van der Waals surface area contributed by atoms with Gasteiger partial charge < -0.3 is 5.73 Å². The second-order valence-electron chi connectivity index (χ2n) is 2.50. The summed E-state index contributed by atoms with van der Waals surface area (Å²) >= 11 is 1.39. The Morgan fingerprint density at radius 2 is 2.38 bits per heavy atom. The van der Waals surface area contributed by atoms with Gasteiger partial charge in [-0.05, 0) is 6.42 Å². The van der Waals surface area contributed by atoms with Crippen LogP contribution in [-0.2, 0) is 11.2 Å². The van der Waals surface area contributed by atoms with Gasteiger partial charge in [0.2, 0.25) is 11.0 Å². The number of amides is 1. The lowest BCUT2D eigenvalue weighted by atomic mass is 10.4. The van der Waals surface area contributed by atoms with Crippen LogP contribution in [0.15, 0.2) is 0 Å². The van der Waals surface area contributed by atoms with Gasteiger partial charge in [-0.15, -0.1) is 10.2 Å². The van der Waals surface area contributed by atoms with Gasteiger partial charge >= 0.3 is 0 Å². The molecule has 72 valence electrons. The Bertz CT molecular complexity index is 286. The molecule has 0 saturated heterocycles. The highest BCUT2D eigenvalue weighted by molar-refractivity contribution is 7.15. The molecule has 1 aromatic rings. The predicted octanol–water partition coefficient (Wildman–Crippen LogP) is 0.388. The summed E-state index contributed by atoms with van der Waals surface area (Å²) in [4.78, 5) is 10.9. The monoisotopic (exact) mass is 200 g/mol. The van der Waals surface area contributed by atoms with Crippen molar-refractivity contribution in [1.29, 1.82) is 0 Å². The molecule has 1 amide bonds. The highest BCUT2D eigenvalue weighted by Crippen LogP contribution is 2.15. The van der Waals surface area contributed by atoms with Crippen LogP contribution in [0, 0.1) is 0 Å². The Hall–Kier alpha value is -1.01. The third kappa shape index (κ3) is 3.08. The van der Waals surface area contributed by atoms with Gasteiger partial charge in [-0.3, -0.25) is 10.1 Å². The zero-order valence-corrected chi connectivity index (χ0v) is 8.23. The van der Waals surface area contributed by atoms with E-state index in [-0.39, 0.29) is 12.5 Å². The van der Waals surface area contributed by atoms with Crippen molar-refractivity contribution in [3.8, 4) is 0 Å². The van der Waals surface area contributed by atoms with Gasteiger partial charge in [0, 0.05) is 6.42 Å². The third-order valence-electron chi connectivity index (χ3n) is 1.36. The van der Waals surface area contributed by atoms with Crippen molar-refractivity contribution in [3.63, 3.8) is 0 Å². The lowest BCUT2D eigenvalue weighted by Gasteiger charge is -1.94. The average Bonchev–Trinajstić information content (AvgIpc) is 2.53. The smallest absolute Gasteiger partial charge is 0.239 e. The van der Waals surface area contributed by atoms with Crippen LogP contribution in [0.3, 0.4) is 0 Å². The minimum Gasteiger partial charge on any atom is -0.322 e. The molecule has 0 saturated carbocycles. The fourth-order valence-corrected chi connectivity index (χ4v) is 1.65. The van der Waals surface area contributed by atoms with Crippen LogP contribution < -0.4 is 11.1 Å².